The standard InChI is InChI=1S/C19H21F3N4O2/c1-10-7-11(19(20,21)22)8-13(27)15(10)17-25-16-12(26(17)4)5-6-14(24-16)23-9-18(2,3)28/h5-8,27-28H,9H2,1-4H3,(H,23,24). The number of aromatic nitrogens is 3. The molecule has 150 valence electrons. The molecule has 0 aliphatic rings. The van der Waals surface area contributed by atoms with Gasteiger partial charge >= 0.3 is 6.18 Å². The van der Waals surface area contributed by atoms with E-state index < -0.39 is 23.1 Å². The van der Waals surface area contributed by atoms with Crippen molar-refractivity contribution in [2.75, 3.05) is 11.9 Å². The third-order valence-corrected chi connectivity index (χ3v) is 4.31. The first-order chi connectivity index (χ1) is 12.9. The number of aliphatic hydroxyl groups is 1. The predicted molar refractivity (Wildman–Crippen MR) is 100 cm³/mol. The number of hydrogen-bond acceptors (Lipinski definition) is 5. The quantitative estimate of drug-likeness (QED) is 0.626. The molecule has 0 aliphatic carbocycles. The molecule has 0 aliphatic heterocycles. The van der Waals surface area contributed by atoms with Crippen LogP contribution in [-0.4, -0.2) is 36.9 Å². The predicted octanol–water partition coefficient (Wildman–Crippen LogP) is 3.85. The zero-order valence-electron chi connectivity index (χ0n) is 15.9. The lowest BCUT2D eigenvalue weighted by molar-refractivity contribution is -0.137. The minimum atomic E-state index is -4.55. The van der Waals surface area contributed by atoms with E-state index in [1.807, 2.05) is 0 Å². The summed E-state index contributed by atoms with van der Waals surface area (Å²) in [6.07, 6.45) is -4.55. The van der Waals surface area contributed by atoms with Gasteiger partial charge < -0.3 is 20.1 Å². The average molecular weight is 394 g/mol. The maximum Gasteiger partial charge on any atom is 0.416 e. The summed E-state index contributed by atoms with van der Waals surface area (Å²) in [7, 11) is 1.70. The number of pyridine rings is 1. The van der Waals surface area contributed by atoms with Crippen LogP contribution in [0.3, 0.4) is 0 Å². The molecule has 0 bridgehead atoms. The number of anilines is 1. The minimum absolute atomic E-state index is 0.222. The van der Waals surface area contributed by atoms with Gasteiger partial charge in [-0.05, 0) is 50.6 Å². The number of phenolic OH excluding ortho intramolecular Hbond substituents is 1. The summed E-state index contributed by atoms with van der Waals surface area (Å²) < 4.78 is 40.6. The topological polar surface area (TPSA) is 83.2 Å². The van der Waals surface area contributed by atoms with Gasteiger partial charge in [0.05, 0.1) is 22.2 Å². The second-order valence-corrected chi connectivity index (χ2v) is 7.38. The van der Waals surface area contributed by atoms with Gasteiger partial charge in [-0.1, -0.05) is 0 Å². The van der Waals surface area contributed by atoms with Crippen molar-refractivity contribution >= 4 is 17.0 Å². The van der Waals surface area contributed by atoms with Crippen molar-refractivity contribution in [3.63, 3.8) is 0 Å². The maximum absolute atomic E-state index is 13.0. The molecule has 0 atom stereocenters. The first-order valence-electron chi connectivity index (χ1n) is 8.58. The first-order valence-corrected chi connectivity index (χ1v) is 8.58. The summed E-state index contributed by atoms with van der Waals surface area (Å²) in [6, 6.07) is 5.17. The number of halogens is 3. The lowest BCUT2D eigenvalue weighted by Gasteiger charge is -2.17. The number of aromatic hydroxyl groups is 1. The van der Waals surface area contributed by atoms with Gasteiger partial charge in [0.25, 0.3) is 0 Å². The van der Waals surface area contributed by atoms with Gasteiger partial charge in [0, 0.05) is 13.6 Å². The molecule has 3 aromatic rings. The Labute approximate surface area is 159 Å². The summed E-state index contributed by atoms with van der Waals surface area (Å²) in [4.78, 5) is 8.79. The van der Waals surface area contributed by atoms with Crippen LogP contribution < -0.4 is 5.32 Å². The molecule has 0 saturated carbocycles. The monoisotopic (exact) mass is 394 g/mol. The second kappa shape index (κ2) is 6.66. The van der Waals surface area contributed by atoms with E-state index in [4.69, 9.17) is 0 Å². The Kier molecular flexibility index (Phi) is 4.74. The Morgan fingerprint density at radius 2 is 1.82 bits per heavy atom. The van der Waals surface area contributed by atoms with Gasteiger partial charge in [0.15, 0.2) is 5.65 Å². The first kappa shape index (κ1) is 19.9. The molecule has 0 spiro atoms. The van der Waals surface area contributed by atoms with Crippen LogP contribution in [0, 0.1) is 6.92 Å². The van der Waals surface area contributed by atoms with Crippen molar-refractivity contribution in [2.24, 2.45) is 7.05 Å². The van der Waals surface area contributed by atoms with E-state index in [2.05, 4.69) is 15.3 Å². The van der Waals surface area contributed by atoms with E-state index in [1.165, 1.54) is 6.92 Å². The summed E-state index contributed by atoms with van der Waals surface area (Å²) >= 11 is 0. The van der Waals surface area contributed by atoms with Crippen LogP contribution in [0.25, 0.3) is 22.6 Å². The van der Waals surface area contributed by atoms with Crippen molar-refractivity contribution < 1.29 is 23.4 Å². The number of nitrogens with one attached hydrogen (secondary N) is 1. The van der Waals surface area contributed by atoms with Crippen LogP contribution in [0.2, 0.25) is 0 Å². The van der Waals surface area contributed by atoms with Gasteiger partial charge in [0.1, 0.15) is 17.4 Å². The minimum Gasteiger partial charge on any atom is -0.507 e. The molecule has 3 N–H and O–H groups in total. The molecule has 2 aromatic heterocycles. The summed E-state index contributed by atoms with van der Waals surface area (Å²) in [5.41, 5.74) is -0.332. The largest absolute Gasteiger partial charge is 0.507 e. The average Bonchev–Trinajstić information content (AvgIpc) is 2.87. The highest BCUT2D eigenvalue weighted by Crippen LogP contribution is 2.39. The zero-order valence-corrected chi connectivity index (χ0v) is 15.9. The molecule has 6 nitrogen and oxygen atoms in total. The molecular formula is C19H21F3N4O2. The summed E-state index contributed by atoms with van der Waals surface area (Å²) in [5.74, 6) is 0.324. The Morgan fingerprint density at radius 3 is 2.39 bits per heavy atom. The van der Waals surface area contributed by atoms with Crippen LogP contribution >= 0.6 is 0 Å². The van der Waals surface area contributed by atoms with E-state index in [-0.39, 0.29) is 17.7 Å². The zero-order chi connectivity index (χ0) is 20.9. The van der Waals surface area contributed by atoms with Crippen molar-refractivity contribution in [3.05, 3.63) is 35.4 Å². The van der Waals surface area contributed by atoms with E-state index in [9.17, 15) is 23.4 Å². The Balaban J connectivity index is 2.06. The van der Waals surface area contributed by atoms with Gasteiger partial charge in [-0.25, -0.2) is 9.97 Å². The number of nitrogens with zero attached hydrogens (tertiary/aromatic N) is 3. The molecule has 28 heavy (non-hydrogen) atoms. The van der Waals surface area contributed by atoms with Crippen LogP contribution in [-0.2, 0) is 13.2 Å². The SMILES string of the molecule is Cc1cc(C(F)(F)F)cc(O)c1-c1nc2nc(NCC(C)(C)O)ccc2n1C. The lowest BCUT2D eigenvalue weighted by Crippen LogP contribution is -2.29. The van der Waals surface area contributed by atoms with Crippen LogP contribution in [0.4, 0.5) is 19.0 Å². The molecule has 0 amide bonds. The smallest absolute Gasteiger partial charge is 0.416 e. The number of imidazole rings is 1. The number of benzene rings is 1. The highest BCUT2D eigenvalue weighted by Gasteiger charge is 2.32. The molecule has 0 saturated heterocycles. The van der Waals surface area contributed by atoms with E-state index in [1.54, 1.807) is 37.6 Å². The van der Waals surface area contributed by atoms with Crippen LogP contribution in [0.5, 0.6) is 5.75 Å². The number of rotatable bonds is 4. The Hall–Kier alpha value is -2.81. The second-order valence-electron chi connectivity index (χ2n) is 7.38. The molecule has 3 rings (SSSR count). The van der Waals surface area contributed by atoms with Gasteiger partial charge in [-0.15, -0.1) is 0 Å². The van der Waals surface area contributed by atoms with Crippen molar-refractivity contribution in [1.82, 2.24) is 14.5 Å². The fourth-order valence-electron chi connectivity index (χ4n) is 2.93. The van der Waals surface area contributed by atoms with Gasteiger partial charge in [-0.2, -0.15) is 13.2 Å². The fourth-order valence-corrected chi connectivity index (χ4v) is 2.93. The highest BCUT2D eigenvalue weighted by atomic mass is 19.4. The Morgan fingerprint density at radius 1 is 1.14 bits per heavy atom. The Bertz CT molecular complexity index is 1010. The van der Waals surface area contributed by atoms with E-state index in [0.29, 0.717) is 28.9 Å². The number of aryl methyl sites for hydroxylation is 2. The van der Waals surface area contributed by atoms with Gasteiger partial charge in [0.2, 0.25) is 0 Å². The van der Waals surface area contributed by atoms with Crippen molar-refractivity contribution in [3.8, 4) is 17.1 Å². The number of fused-ring (bicyclic) bond motifs is 1. The van der Waals surface area contributed by atoms with Crippen molar-refractivity contribution in [1.29, 1.82) is 0 Å². The molecule has 2 heterocycles. The molecule has 9 heteroatoms. The molecular weight excluding hydrogens is 373 g/mol. The molecule has 0 unspecified atom stereocenters. The highest BCUT2D eigenvalue weighted by molar-refractivity contribution is 5.81. The van der Waals surface area contributed by atoms with Crippen LogP contribution in [0.1, 0.15) is 25.0 Å². The third-order valence-electron chi connectivity index (χ3n) is 4.31. The third kappa shape index (κ3) is 3.89. The number of hydrogen-bond donors (Lipinski definition) is 3. The number of phenols is 1. The summed E-state index contributed by atoms with van der Waals surface area (Å²) in [6.45, 7) is 5.10. The van der Waals surface area contributed by atoms with E-state index in [0.717, 1.165) is 6.07 Å². The normalized spacial score (nSPS) is 12.6. The van der Waals surface area contributed by atoms with Crippen LogP contribution in [0.15, 0.2) is 24.3 Å². The van der Waals surface area contributed by atoms with Gasteiger partial charge in [-0.3, -0.25) is 0 Å². The molecule has 0 radical (unpaired) electrons. The maximum atomic E-state index is 13.0. The lowest BCUT2D eigenvalue weighted by atomic mass is 10.0. The van der Waals surface area contributed by atoms with E-state index >= 15 is 0 Å². The fraction of sp³-hybridized carbons (Fsp3) is 0.368. The molecule has 0 fully saturated rings. The summed E-state index contributed by atoms with van der Waals surface area (Å²) in [5, 5.41) is 23.1. The number of alkyl halides is 3. The molecule has 1 aromatic carbocycles. The van der Waals surface area contributed by atoms with Crippen molar-refractivity contribution in [2.45, 2.75) is 32.5 Å².